The molecule has 9 heteroatoms. The van der Waals surface area contributed by atoms with Crippen molar-refractivity contribution in [2.45, 2.75) is 31.9 Å². The zero-order valence-corrected chi connectivity index (χ0v) is 17.5. The number of nitrogens with one attached hydrogen (secondary N) is 1. The average molecular weight is 434 g/mol. The SMILES string of the molecule is COc1cc(C(=O)NC2CCCC2CN)ccc1OCc1cscn1.Cl.Cl. The van der Waals surface area contributed by atoms with E-state index in [9.17, 15) is 4.79 Å². The fraction of sp³-hybridized carbons (Fsp3) is 0.444. The van der Waals surface area contributed by atoms with Gasteiger partial charge in [-0.1, -0.05) is 6.42 Å². The molecule has 0 bridgehead atoms. The summed E-state index contributed by atoms with van der Waals surface area (Å²) in [6.07, 6.45) is 3.17. The summed E-state index contributed by atoms with van der Waals surface area (Å²) in [5.74, 6) is 1.39. The number of carbonyl (C=O) groups is 1. The highest BCUT2D eigenvalue weighted by Crippen LogP contribution is 2.30. The van der Waals surface area contributed by atoms with Crippen molar-refractivity contribution in [3.63, 3.8) is 0 Å². The number of ether oxygens (including phenoxy) is 2. The lowest BCUT2D eigenvalue weighted by molar-refractivity contribution is 0.0928. The Morgan fingerprint density at radius 1 is 1.33 bits per heavy atom. The normalized spacial score (nSPS) is 18.1. The quantitative estimate of drug-likeness (QED) is 0.698. The van der Waals surface area contributed by atoms with E-state index in [0.29, 0.717) is 36.1 Å². The maximum Gasteiger partial charge on any atom is 0.251 e. The molecule has 1 aromatic heterocycles. The van der Waals surface area contributed by atoms with E-state index in [1.54, 1.807) is 30.8 Å². The van der Waals surface area contributed by atoms with Gasteiger partial charge in [0.15, 0.2) is 11.5 Å². The second-order valence-electron chi connectivity index (χ2n) is 6.14. The third-order valence-electron chi connectivity index (χ3n) is 4.56. The summed E-state index contributed by atoms with van der Waals surface area (Å²) in [6, 6.07) is 5.37. The largest absolute Gasteiger partial charge is 0.493 e. The number of hydrogen-bond donors (Lipinski definition) is 2. The molecule has 1 aromatic carbocycles. The Kier molecular flexibility index (Phi) is 9.87. The van der Waals surface area contributed by atoms with Crippen LogP contribution in [0.5, 0.6) is 11.5 Å². The van der Waals surface area contributed by atoms with Crippen LogP contribution in [-0.2, 0) is 6.61 Å². The molecular formula is C18H25Cl2N3O3S. The van der Waals surface area contributed by atoms with Crippen LogP contribution in [0.4, 0.5) is 0 Å². The topological polar surface area (TPSA) is 86.5 Å². The summed E-state index contributed by atoms with van der Waals surface area (Å²) in [5.41, 5.74) is 8.97. The molecule has 6 nitrogen and oxygen atoms in total. The van der Waals surface area contributed by atoms with Crippen LogP contribution in [0.2, 0.25) is 0 Å². The molecule has 1 aliphatic carbocycles. The van der Waals surface area contributed by atoms with Gasteiger partial charge in [-0.25, -0.2) is 4.98 Å². The molecule has 2 unspecified atom stereocenters. The lowest BCUT2D eigenvalue weighted by Crippen LogP contribution is -2.39. The minimum atomic E-state index is -0.102. The van der Waals surface area contributed by atoms with E-state index >= 15 is 0 Å². The molecule has 0 radical (unpaired) electrons. The van der Waals surface area contributed by atoms with Crippen molar-refractivity contribution in [1.29, 1.82) is 0 Å². The summed E-state index contributed by atoms with van der Waals surface area (Å²) in [6.45, 7) is 0.976. The fourth-order valence-corrected chi connectivity index (χ4v) is 3.69. The van der Waals surface area contributed by atoms with Crippen LogP contribution in [0.1, 0.15) is 35.3 Å². The maximum atomic E-state index is 12.5. The molecule has 2 atom stereocenters. The van der Waals surface area contributed by atoms with E-state index in [1.165, 1.54) is 11.3 Å². The molecule has 0 spiro atoms. The number of methoxy groups -OCH3 is 1. The predicted octanol–water partition coefficient (Wildman–Crippen LogP) is 3.43. The van der Waals surface area contributed by atoms with Crippen molar-refractivity contribution >= 4 is 42.1 Å². The standard InChI is InChI=1S/C18H23N3O3S.2ClH/c1-23-17-7-12(18(22)21-15-4-2-3-13(15)8-19)5-6-16(17)24-9-14-10-25-11-20-14;;/h5-7,10-11,13,15H,2-4,8-9,19H2,1H3,(H,21,22);2*1H. The number of benzene rings is 1. The number of carbonyl (C=O) groups excluding carboxylic acids is 1. The molecule has 1 saturated carbocycles. The Bertz CT molecular complexity index is 716. The molecular weight excluding hydrogens is 409 g/mol. The number of thiazole rings is 1. The van der Waals surface area contributed by atoms with Gasteiger partial charge >= 0.3 is 0 Å². The number of halogens is 2. The molecule has 2 aromatic rings. The molecule has 3 N–H and O–H groups in total. The van der Waals surface area contributed by atoms with Gasteiger partial charge in [0.25, 0.3) is 5.91 Å². The Hall–Kier alpha value is -1.54. The van der Waals surface area contributed by atoms with Crippen LogP contribution < -0.4 is 20.5 Å². The summed E-state index contributed by atoms with van der Waals surface area (Å²) in [7, 11) is 1.56. The van der Waals surface area contributed by atoms with Gasteiger partial charge in [0, 0.05) is 17.0 Å². The van der Waals surface area contributed by atoms with Crippen molar-refractivity contribution in [3.8, 4) is 11.5 Å². The van der Waals surface area contributed by atoms with E-state index in [1.807, 2.05) is 5.38 Å². The molecule has 27 heavy (non-hydrogen) atoms. The van der Waals surface area contributed by atoms with Crippen LogP contribution in [0, 0.1) is 5.92 Å². The van der Waals surface area contributed by atoms with Crippen molar-refractivity contribution in [3.05, 3.63) is 40.3 Å². The second kappa shape index (κ2) is 11.3. The Labute approximate surface area is 175 Å². The zero-order chi connectivity index (χ0) is 17.6. The van der Waals surface area contributed by atoms with E-state index in [-0.39, 0.29) is 36.8 Å². The maximum absolute atomic E-state index is 12.5. The van der Waals surface area contributed by atoms with Crippen molar-refractivity contribution in [2.24, 2.45) is 11.7 Å². The third-order valence-corrected chi connectivity index (χ3v) is 5.20. The van der Waals surface area contributed by atoms with Crippen molar-refractivity contribution < 1.29 is 14.3 Å². The fourth-order valence-electron chi connectivity index (χ4n) is 3.15. The molecule has 1 aliphatic rings. The minimum Gasteiger partial charge on any atom is -0.493 e. The molecule has 1 heterocycles. The first kappa shape index (κ1) is 23.5. The van der Waals surface area contributed by atoms with E-state index < -0.39 is 0 Å². The zero-order valence-electron chi connectivity index (χ0n) is 15.1. The van der Waals surface area contributed by atoms with Crippen LogP contribution in [0.3, 0.4) is 0 Å². The second-order valence-corrected chi connectivity index (χ2v) is 6.86. The number of nitrogens with zero attached hydrogens (tertiary/aromatic N) is 1. The van der Waals surface area contributed by atoms with Crippen molar-refractivity contribution in [2.75, 3.05) is 13.7 Å². The first-order valence-corrected chi connectivity index (χ1v) is 9.34. The summed E-state index contributed by atoms with van der Waals surface area (Å²) < 4.78 is 11.1. The summed E-state index contributed by atoms with van der Waals surface area (Å²) in [4.78, 5) is 16.7. The number of aromatic nitrogens is 1. The number of amides is 1. The third kappa shape index (κ3) is 5.97. The molecule has 1 amide bonds. The van der Waals surface area contributed by atoms with Gasteiger partial charge in [-0.3, -0.25) is 4.79 Å². The highest BCUT2D eigenvalue weighted by Gasteiger charge is 2.27. The molecule has 3 rings (SSSR count). The van der Waals surface area contributed by atoms with Crippen LogP contribution in [-0.4, -0.2) is 30.6 Å². The van der Waals surface area contributed by atoms with Gasteiger partial charge in [0.1, 0.15) is 6.61 Å². The van der Waals surface area contributed by atoms with Gasteiger partial charge in [-0.05, 0) is 43.5 Å². The molecule has 150 valence electrons. The Morgan fingerprint density at radius 2 is 2.15 bits per heavy atom. The monoisotopic (exact) mass is 433 g/mol. The van der Waals surface area contributed by atoms with Crippen molar-refractivity contribution in [1.82, 2.24) is 10.3 Å². The molecule has 0 saturated heterocycles. The van der Waals surface area contributed by atoms with E-state index in [0.717, 1.165) is 25.0 Å². The van der Waals surface area contributed by atoms with Crippen LogP contribution >= 0.6 is 36.2 Å². The lowest BCUT2D eigenvalue weighted by atomic mass is 10.0. The number of rotatable bonds is 7. The van der Waals surface area contributed by atoms with Crippen LogP contribution in [0.25, 0.3) is 0 Å². The Balaban J connectivity index is 0.00000182. The Morgan fingerprint density at radius 3 is 2.81 bits per heavy atom. The van der Waals surface area contributed by atoms with E-state index in [2.05, 4.69) is 10.3 Å². The van der Waals surface area contributed by atoms with Gasteiger partial charge in [0.05, 0.1) is 18.3 Å². The number of nitrogens with two attached hydrogens (primary N) is 1. The summed E-state index contributed by atoms with van der Waals surface area (Å²) in [5, 5.41) is 5.03. The first-order chi connectivity index (χ1) is 12.2. The highest BCUT2D eigenvalue weighted by molar-refractivity contribution is 7.07. The minimum absolute atomic E-state index is 0. The highest BCUT2D eigenvalue weighted by atomic mass is 35.5. The van der Waals surface area contributed by atoms with E-state index in [4.69, 9.17) is 15.2 Å². The van der Waals surface area contributed by atoms with Gasteiger partial charge in [0.2, 0.25) is 0 Å². The van der Waals surface area contributed by atoms with Gasteiger partial charge in [-0.2, -0.15) is 0 Å². The van der Waals surface area contributed by atoms with Gasteiger partial charge < -0.3 is 20.5 Å². The summed E-state index contributed by atoms with van der Waals surface area (Å²) >= 11 is 1.52. The molecule has 1 fully saturated rings. The average Bonchev–Trinajstić information content (AvgIpc) is 3.31. The smallest absolute Gasteiger partial charge is 0.251 e. The predicted molar refractivity (Wildman–Crippen MR) is 112 cm³/mol. The van der Waals surface area contributed by atoms with Gasteiger partial charge in [-0.15, -0.1) is 36.2 Å². The molecule has 0 aliphatic heterocycles. The van der Waals surface area contributed by atoms with Crippen LogP contribution in [0.15, 0.2) is 29.1 Å². The lowest BCUT2D eigenvalue weighted by Gasteiger charge is -2.20. The number of hydrogen-bond acceptors (Lipinski definition) is 6. The first-order valence-electron chi connectivity index (χ1n) is 8.40.